The van der Waals surface area contributed by atoms with E-state index in [1.165, 1.54) is 0 Å². The van der Waals surface area contributed by atoms with E-state index in [9.17, 15) is 4.79 Å². The van der Waals surface area contributed by atoms with Crippen molar-refractivity contribution in [2.75, 3.05) is 13.1 Å². The third kappa shape index (κ3) is 2.92. The van der Waals surface area contributed by atoms with Gasteiger partial charge in [-0.3, -0.25) is 4.79 Å². The molecule has 0 spiro atoms. The predicted molar refractivity (Wildman–Crippen MR) is 85.6 cm³/mol. The van der Waals surface area contributed by atoms with Crippen molar-refractivity contribution < 1.29 is 4.79 Å². The smallest absolute Gasteiger partial charge is 0.226 e. The molecule has 21 heavy (non-hydrogen) atoms. The summed E-state index contributed by atoms with van der Waals surface area (Å²) in [7, 11) is 0. The first-order valence-electron chi connectivity index (χ1n) is 7.46. The van der Waals surface area contributed by atoms with E-state index in [1.54, 1.807) is 6.07 Å². The summed E-state index contributed by atoms with van der Waals surface area (Å²) in [6.07, 6.45) is 1.90. The van der Waals surface area contributed by atoms with Crippen molar-refractivity contribution in [3.05, 3.63) is 33.8 Å². The Bertz CT molecular complexity index is 563. The van der Waals surface area contributed by atoms with Crippen molar-refractivity contribution >= 4 is 29.1 Å². The largest absolute Gasteiger partial charge is 0.339 e. The molecule has 1 aromatic rings. The molecule has 114 valence electrons. The van der Waals surface area contributed by atoms with Gasteiger partial charge in [0, 0.05) is 28.5 Å². The van der Waals surface area contributed by atoms with Crippen LogP contribution in [0.2, 0.25) is 10.0 Å². The quantitative estimate of drug-likeness (QED) is 0.926. The van der Waals surface area contributed by atoms with Crippen molar-refractivity contribution in [2.45, 2.75) is 31.7 Å². The Labute approximate surface area is 135 Å². The molecule has 5 heteroatoms. The zero-order valence-electron chi connectivity index (χ0n) is 12.1. The number of carbonyl (C=O) groups excluding carboxylic acids is 1. The summed E-state index contributed by atoms with van der Waals surface area (Å²) in [5.41, 5.74) is 6.78. The maximum atomic E-state index is 12.7. The Balaban J connectivity index is 1.69. The van der Waals surface area contributed by atoms with E-state index in [0.29, 0.717) is 28.5 Å². The molecule has 1 aliphatic heterocycles. The summed E-state index contributed by atoms with van der Waals surface area (Å²) >= 11 is 12.2. The third-order valence-corrected chi connectivity index (χ3v) is 5.31. The van der Waals surface area contributed by atoms with Gasteiger partial charge in [0.1, 0.15) is 0 Å². The van der Waals surface area contributed by atoms with Crippen LogP contribution in [0.5, 0.6) is 0 Å². The first-order valence-corrected chi connectivity index (χ1v) is 8.22. The summed E-state index contributed by atoms with van der Waals surface area (Å²) in [5, 5.41) is 1.29. The fourth-order valence-electron chi connectivity index (χ4n) is 3.45. The van der Waals surface area contributed by atoms with Gasteiger partial charge in [-0.15, -0.1) is 0 Å². The van der Waals surface area contributed by atoms with Gasteiger partial charge in [-0.2, -0.15) is 0 Å². The van der Waals surface area contributed by atoms with Crippen LogP contribution in [0.1, 0.15) is 31.2 Å². The first kappa shape index (κ1) is 15.1. The standard InChI is InChI=1S/C16H20Cl2N2O/c1-9-4-10(7-19)8-20(9)16(21)14-6-13(14)12-3-2-11(17)5-15(12)18/h2-3,5,9-10,13-14H,4,6-8,19H2,1H3. The molecule has 1 saturated heterocycles. The molecule has 4 atom stereocenters. The molecule has 2 N–H and O–H groups in total. The molecule has 0 radical (unpaired) electrons. The van der Waals surface area contributed by atoms with Crippen molar-refractivity contribution in [1.82, 2.24) is 4.90 Å². The van der Waals surface area contributed by atoms with Gasteiger partial charge in [0.15, 0.2) is 0 Å². The fourth-order valence-corrected chi connectivity index (χ4v) is 4.00. The van der Waals surface area contributed by atoms with E-state index in [2.05, 4.69) is 6.92 Å². The summed E-state index contributed by atoms with van der Waals surface area (Å²) < 4.78 is 0. The Morgan fingerprint density at radius 1 is 1.38 bits per heavy atom. The molecule has 2 fully saturated rings. The molecule has 1 aromatic carbocycles. The molecular formula is C16H20Cl2N2O. The monoisotopic (exact) mass is 326 g/mol. The molecule has 1 saturated carbocycles. The molecule has 1 heterocycles. The summed E-state index contributed by atoms with van der Waals surface area (Å²) in [6.45, 7) is 3.57. The van der Waals surface area contributed by atoms with Crippen LogP contribution < -0.4 is 5.73 Å². The van der Waals surface area contributed by atoms with Crippen LogP contribution in [0, 0.1) is 11.8 Å². The lowest BCUT2D eigenvalue weighted by molar-refractivity contribution is -0.133. The van der Waals surface area contributed by atoms with Crippen molar-refractivity contribution in [1.29, 1.82) is 0 Å². The lowest BCUT2D eigenvalue weighted by atomic mass is 10.1. The number of likely N-dealkylation sites (tertiary alicyclic amines) is 1. The number of hydrogen-bond acceptors (Lipinski definition) is 2. The van der Waals surface area contributed by atoms with Crippen LogP contribution in [-0.2, 0) is 4.79 Å². The van der Waals surface area contributed by atoms with Gasteiger partial charge < -0.3 is 10.6 Å². The number of nitrogens with zero attached hydrogens (tertiary/aromatic N) is 1. The molecular weight excluding hydrogens is 307 g/mol. The number of hydrogen-bond donors (Lipinski definition) is 1. The predicted octanol–water partition coefficient (Wildman–Crippen LogP) is 3.29. The molecule has 3 rings (SSSR count). The number of benzene rings is 1. The highest BCUT2D eigenvalue weighted by Gasteiger charge is 2.48. The molecule has 0 aromatic heterocycles. The minimum atomic E-state index is 0.0719. The van der Waals surface area contributed by atoms with Gasteiger partial charge in [-0.25, -0.2) is 0 Å². The number of halogens is 2. The van der Waals surface area contributed by atoms with Crippen LogP contribution in [0.3, 0.4) is 0 Å². The van der Waals surface area contributed by atoms with Crippen LogP contribution in [0.25, 0.3) is 0 Å². The SMILES string of the molecule is CC1CC(CN)CN1C(=O)C1CC1c1ccc(Cl)cc1Cl. The number of rotatable bonds is 3. The van der Waals surface area contributed by atoms with Crippen molar-refractivity contribution in [2.24, 2.45) is 17.6 Å². The zero-order chi connectivity index (χ0) is 15.1. The van der Waals surface area contributed by atoms with Gasteiger partial charge in [-0.1, -0.05) is 29.3 Å². The van der Waals surface area contributed by atoms with Gasteiger partial charge in [0.2, 0.25) is 5.91 Å². The molecule has 4 unspecified atom stereocenters. The van der Waals surface area contributed by atoms with Gasteiger partial charge in [-0.05, 0) is 55.8 Å². The minimum absolute atomic E-state index is 0.0719. The second kappa shape index (κ2) is 5.79. The first-order chi connectivity index (χ1) is 10.0. The number of amides is 1. The number of carbonyl (C=O) groups is 1. The average molecular weight is 327 g/mol. The van der Waals surface area contributed by atoms with E-state index in [0.717, 1.165) is 24.9 Å². The summed E-state index contributed by atoms with van der Waals surface area (Å²) in [4.78, 5) is 14.7. The van der Waals surface area contributed by atoms with Crippen molar-refractivity contribution in [3.8, 4) is 0 Å². The summed E-state index contributed by atoms with van der Waals surface area (Å²) in [6, 6.07) is 5.83. The third-order valence-electron chi connectivity index (χ3n) is 4.75. The maximum Gasteiger partial charge on any atom is 0.226 e. The Morgan fingerprint density at radius 2 is 2.14 bits per heavy atom. The lowest BCUT2D eigenvalue weighted by Gasteiger charge is -2.21. The molecule has 2 aliphatic rings. The maximum absolute atomic E-state index is 12.7. The highest BCUT2D eigenvalue weighted by atomic mass is 35.5. The van der Waals surface area contributed by atoms with Crippen LogP contribution >= 0.6 is 23.2 Å². The van der Waals surface area contributed by atoms with Gasteiger partial charge >= 0.3 is 0 Å². The van der Waals surface area contributed by atoms with Crippen LogP contribution in [0.15, 0.2) is 18.2 Å². The Hall–Kier alpha value is -0.770. The second-order valence-electron chi connectivity index (χ2n) is 6.29. The van der Waals surface area contributed by atoms with E-state index >= 15 is 0 Å². The van der Waals surface area contributed by atoms with E-state index in [-0.39, 0.29) is 17.7 Å². The summed E-state index contributed by atoms with van der Waals surface area (Å²) in [5.74, 6) is 1.02. The zero-order valence-corrected chi connectivity index (χ0v) is 13.6. The van der Waals surface area contributed by atoms with E-state index < -0.39 is 0 Å². The van der Waals surface area contributed by atoms with Crippen molar-refractivity contribution in [3.63, 3.8) is 0 Å². The van der Waals surface area contributed by atoms with E-state index in [4.69, 9.17) is 28.9 Å². The minimum Gasteiger partial charge on any atom is -0.339 e. The van der Waals surface area contributed by atoms with Gasteiger partial charge in [0.05, 0.1) is 0 Å². The normalized spacial score (nSPS) is 31.5. The molecule has 3 nitrogen and oxygen atoms in total. The Morgan fingerprint density at radius 3 is 2.76 bits per heavy atom. The van der Waals surface area contributed by atoms with Crippen LogP contribution in [0.4, 0.5) is 0 Å². The molecule has 1 amide bonds. The van der Waals surface area contributed by atoms with E-state index in [1.807, 2.05) is 17.0 Å². The topological polar surface area (TPSA) is 46.3 Å². The van der Waals surface area contributed by atoms with Gasteiger partial charge in [0.25, 0.3) is 0 Å². The number of nitrogens with two attached hydrogens (primary N) is 1. The lowest BCUT2D eigenvalue weighted by Crippen LogP contribution is -2.35. The highest BCUT2D eigenvalue weighted by Crippen LogP contribution is 2.51. The second-order valence-corrected chi connectivity index (χ2v) is 7.14. The fraction of sp³-hybridized carbons (Fsp3) is 0.562. The molecule has 1 aliphatic carbocycles. The van der Waals surface area contributed by atoms with Crippen LogP contribution in [-0.4, -0.2) is 29.9 Å². The Kier molecular flexibility index (Phi) is 4.17. The highest BCUT2D eigenvalue weighted by molar-refractivity contribution is 6.35. The molecule has 0 bridgehead atoms. The average Bonchev–Trinajstić information content (AvgIpc) is 3.13.